The highest BCUT2D eigenvalue weighted by molar-refractivity contribution is 5.88. The van der Waals surface area contributed by atoms with Gasteiger partial charge in [-0.3, -0.25) is 0 Å². The number of carboxylic acids is 1. The number of benzene rings is 1. The number of aromatic carboxylic acids is 1. The van der Waals surface area contributed by atoms with E-state index in [0.29, 0.717) is 24.7 Å². The van der Waals surface area contributed by atoms with Gasteiger partial charge in [0.1, 0.15) is 0 Å². The number of allylic oxidation sites excluding steroid dienone is 2. The summed E-state index contributed by atoms with van der Waals surface area (Å²) in [6.07, 6.45) is 23.1. The molecule has 0 heterocycles. The van der Waals surface area contributed by atoms with E-state index < -0.39 is 5.97 Å². The third-order valence-electron chi connectivity index (χ3n) is 5.81. The van der Waals surface area contributed by atoms with Gasteiger partial charge in [-0.2, -0.15) is 0 Å². The molecule has 0 aliphatic carbocycles. The molecule has 1 rings (SSSR count). The van der Waals surface area contributed by atoms with Crippen LogP contribution >= 0.6 is 0 Å². The van der Waals surface area contributed by atoms with E-state index >= 15 is 0 Å². The first-order valence-electron chi connectivity index (χ1n) is 13.0. The Kier molecular flexibility index (Phi) is 17.8. The maximum absolute atomic E-state index is 11.3. The van der Waals surface area contributed by atoms with Crippen molar-refractivity contribution in [3.63, 3.8) is 0 Å². The molecule has 0 saturated carbocycles. The van der Waals surface area contributed by atoms with Crippen LogP contribution in [0.4, 0.5) is 0 Å². The molecular weight excluding hydrogens is 412 g/mol. The molecule has 1 aromatic rings. The Morgan fingerprint density at radius 2 is 1.09 bits per heavy atom. The predicted molar refractivity (Wildman–Crippen MR) is 139 cm³/mol. The first kappa shape index (κ1) is 28.8. The molecule has 0 saturated heterocycles. The van der Waals surface area contributed by atoms with Gasteiger partial charge in [-0.1, -0.05) is 76.4 Å². The Labute approximate surface area is 202 Å². The first-order valence-corrected chi connectivity index (χ1v) is 13.0. The van der Waals surface area contributed by atoms with Crippen LogP contribution in [-0.2, 0) is 0 Å². The summed E-state index contributed by atoms with van der Waals surface area (Å²) in [4.78, 5) is 11.3. The van der Waals surface area contributed by atoms with Crippen LogP contribution in [-0.4, -0.2) is 24.3 Å². The van der Waals surface area contributed by atoms with Gasteiger partial charge in [0.2, 0.25) is 0 Å². The summed E-state index contributed by atoms with van der Waals surface area (Å²) >= 11 is 0. The molecule has 0 amide bonds. The zero-order chi connectivity index (χ0) is 24.0. The standard InChI is InChI=1S/C29H46O4/c1-3-5-7-9-11-13-15-17-19-23-32-27-22-21-26(29(30)31)25-28(27)33-24-20-18-16-14-12-10-8-6-4-2/h3-4,21-22,25H,1-2,5-20,23-24H2,(H,30,31). The average molecular weight is 459 g/mol. The van der Waals surface area contributed by atoms with E-state index in [1.54, 1.807) is 18.2 Å². The van der Waals surface area contributed by atoms with Crippen molar-refractivity contribution in [1.82, 2.24) is 0 Å². The molecule has 0 aromatic heterocycles. The smallest absolute Gasteiger partial charge is 0.335 e. The number of carboxylic acid groups (broad SMARTS) is 1. The van der Waals surface area contributed by atoms with Gasteiger partial charge in [-0.25, -0.2) is 4.79 Å². The third kappa shape index (κ3) is 15.3. The predicted octanol–water partition coefficient (Wildman–Crippen LogP) is 8.76. The fraction of sp³-hybridized carbons (Fsp3) is 0.621. The lowest BCUT2D eigenvalue weighted by atomic mass is 10.1. The lowest BCUT2D eigenvalue weighted by Gasteiger charge is -2.14. The quantitative estimate of drug-likeness (QED) is 0.131. The molecule has 0 spiro atoms. The van der Waals surface area contributed by atoms with Gasteiger partial charge < -0.3 is 14.6 Å². The van der Waals surface area contributed by atoms with Crippen LogP contribution in [0, 0.1) is 0 Å². The van der Waals surface area contributed by atoms with Crippen molar-refractivity contribution in [1.29, 1.82) is 0 Å². The van der Waals surface area contributed by atoms with Gasteiger partial charge in [0.15, 0.2) is 11.5 Å². The molecule has 4 heteroatoms. The molecule has 186 valence electrons. The normalized spacial score (nSPS) is 10.7. The number of unbranched alkanes of at least 4 members (excludes halogenated alkanes) is 14. The molecule has 33 heavy (non-hydrogen) atoms. The number of hydrogen-bond acceptors (Lipinski definition) is 3. The van der Waals surface area contributed by atoms with Gasteiger partial charge in [0, 0.05) is 0 Å². The van der Waals surface area contributed by atoms with Crippen molar-refractivity contribution in [2.75, 3.05) is 13.2 Å². The summed E-state index contributed by atoms with van der Waals surface area (Å²) in [6, 6.07) is 4.89. The monoisotopic (exact) mass is 458 g/mol. The minimum atomic E-state index is -0.948. The van der Waals surface area contributed by atoms with E-state index in [1.165, 1.54) is 64.2 Å². The number of hydrogen-bond donors (Lipinski definition) is 1. The van der Waals surface area contributed by atoms with Crippen LogP contribution in [0.3, 0.4) is 0 Å². The molecule has 0 radical (unpaired) electrons. The largest absolute Gasteiger partial charge is 0.490 e. The van der Waals surface area contributed by atoms with Gasteiger partial charge in [0.25, 0.3) is 0 Å². The molecule has 0 atom stereocenters. The Hall–Kier alpha value is -2.23. The number of carbonyl (C=O) groups is 1. The zero-order valence-corrected chi connectivity index (χ0v) is 20.7. The Balaban J connectivity index is 2.27. The van der Waals surface area contributed by atoms with E-state index in [2.05, 4.69) is 13.2 Å². The van der Waals surface area contributed by atoms with Crippen molar-refractivity contribution >= 4 is 5.97 Å². The highest BCUT2D eigenvalue weighted by atomic mass is 16.5. The molecule has 0 bridgehead atoms. The molecule has 0 aliphatic heterocycles. The SMILES string of the molecule is C=CCCCCCCCCCOc1ccc(C(=O)O)cc1OCCCCCCCCCC=C. The second-order valence-corrected chi connectivity index (χ2v) is 8.77. The van der Waals surface area contributed by atoms with E-state index in [-0.39, 0.29) is 5.56 Å². The summed E-state index contributed by atoms with van der Waals surface area (Å²) in [6.45, 7) is 8.73. The second-order valence-electron chi connectivity index (χ2n) is 8.77. The third-order valence-corrected chi connectivity index (χ3v) is 5.81. The van der Waals surface area contributed by atoms with E-state index in [9.17, 15) is 9.90 Å². The zero-order valence-electron chi connectivity index (χ0n) is 20.7. The van der Waals surface area contributed by atoms with E-state index in [4.69, 9.17) is 9.47 Å². The molecular formula is C29H46O4. The maximum Gasteiger partial charge on any atom is 0.335 e. The lowest BCUT2D eigenvalue weighted by molar-refractivity contribution is 0.0696. The van der Waals surface area contributed by atoms with Gasteiger partial charge >= 0.3 is 5.97 Å². The minimum Gasteiger partial charge on any atom is -0.490 e. The fourth-order valence-electron chi connectivity index (χ4n) is 3.79. The minimum absolute atomic E-state index is 0.230. The Morgan fingerprint density at radius 3 is 1.55 bits per heavy atom. The molecule has 0 aliphatic rings. The number of ether oxygens (including phenoxy) is 2. The van der Waals surface area contributed by atoms with E-state index in [1.807, 2.05) is 12.2 Å². The van der Waals surface area contributed by atoms with Crippen molar-refractivity contribution < 1.29 is 19.4 Å². The van der Waals surface area contributed by atoms with Crippen LogP contribution in [0.5, 0.6) is 11.5 Å². The van der Waals surface area contributed by atoms with Gasteiger partial charge in [0.05, 0.1) is 18.8 Å². The van der Waals surface area contributed by atoms with E-state index in [0.717, 1.165) is 38.5 Å². The number of rotatable bonds is 23. The van der Waals surface area contributed by atoms with Crippen LogP contribution in [0.1, 0.15) is 113 Å². The summed E-state index contributed by atoms with van der Waals surface area (Å²) < 4.78 is 11.9. The maximum atomic E-state index is 11.3. The first-order chi connectivity index (χ1) is 16.2. The van der Waals surface area contributed by atoms with Gasteiger partial charge in [-0.15, -0.1) is 13.2 Å². The summed E-state index contributed by atoms with van der Waals surface area (Å²) in [5.74, 6) is 0.240. The molecule has 1 N–H and O–H groups in total. The highest BCUT2D eigenvalue weighted by Crippen LogP contribution is 2.29. The highest BCUT2D eigenvalue weighted by Gasteiger charge is 2.11. The van der Waals surface area contributed by atoms with Crippen LogP contribution < -0.4 is 9.47 Å². The van der Waals surface area contributed by atoms with Crippen molar-refractivity contribution in [2.24, 2.45) is 0 Å². The van der Waals surface area contributed by atoms with Crippen molar-refractivity contribution in [2.45, 2.75) is 103 Å². The summed E-state index contributed by atoms with van der Waals surface area (Å²) in [5.41, 5.74) is 0.230. The molecule has 0 fully saturated rings. The Morgan fingerprint density at radius 1 is 0.667 bits per heavy atom. The van der Waals surface area contributed by atoms with Crippen LogP contribution in [0.25, 0.3) is 0 Å². The van der Waals surface area contributed by atoms with Gasteiger partial charge in [-0.05, 0) is 56.7 Å². The van der Waals surface area contributed by atoms with Crippen LogP contribution in [0.15, 0.2) is 43.5 Å². The average Bonchev–Trinajstić information content (AvgIpc) is 2.82. The molecule has 4 nitrogen and oxygen atoms in total. The van der Waals surface area contributed by atoms with Crippen LogP contribution in [0.2, 0.25) is 0 Å². The Bertz CT molecular complexity index is 653. The molecule has 0 unspecified atom stereocenters. The fourth-order valence-corrected chi connectivity index (χ4v) is 3.79. The topological polar surface area (TPSA) is 55.8 Å². The van der Waals surface area contributed by atoms with Crippen molar-refractivity contribution in [3.05, 3.63) is 49.1 Å². The summed E-state index contributed by atoms with van der Waals surface area (Å²) in [7, 11) is 0. The van der Waals surface area contributed by atoms with Crippen molar-refractivity contribution in [3.8, 4) is 11.5 Å². The lowest BCUT2D eigenvalue weighted by Crippen LogP contribution is -2.05. The molecule has 1 aromatic carbocycles. The summed E-state index contributed by atoms with van der Waals surface area (Å²) in [5, 5.41) is 9.30. The second kappa shape index (κ2) is 20.4.